The van der Waals surface area contributed by atoms with Gasteiger partial charge in [0.05, 0.1) is 17.0 Å². The number of carbonyl (C=O) groups is 1. The van der Waals surface area contributed by atoms with Crippen LogP contribution in [0.4, 0.5) is 10.1 Å². The Hall–Kier alpha value is -1.92. The number of nitrogens with one attached hydrogen (secondary N) is 2. The first-order valence-corrected chi connectivity index (χ1v) is 10.9. The van der Waals surface area contributed by atoms with Gasteiger partial charge in [-0.1, -0.05) is 11.6 Å². The first kappa shape index (κ1) is 19.1. The van der Waals surface area contributed by atoms with Crippen molar-refractivity contribution >= 4 is 23.2 Å². The molecule has 3 fully saturated rings. The minimum absolute atomic E-state index is 0.00832. The summed E-state index contributed by atoms with van der Waals surface area (Å²) in [5, 5.41) is 6.62. The van der Waals surface area contributed by atoms with Crippen molar-refractivity contribution in [2.24, 2.45) is 18.9 Å². The second-order valence-electron chi connectivity index (χ2n) is 8.97. The van der Waals surface area contributed by atoms with Crippen LogP contribution in [0.1, 0.15) is 60.6 Å². The maximum atomic E-state index is 13.4. The van der Waals surface area contributed by atoms with Crippen LogP contribution < -0.4 is 10.6 Å². The van der Waals surface area contributed by atoms with Gasteiger partial charge in [-0.25, -0.2) is 9.37 Å². The van der Waals surface area contributed by atoms with Gasteiger partial charge in [-0.2, -0.15) is 0 Å². The standard InChI is InChI=1S/C22H26ClFN4O/c1-28-11-25-20(21(28)22(29)27-16-4-5-19(24)18(23)10-16)14-6-12-8-17(9-13(12)7-14)26-15-2-3-15/h4-5,10-15,17,26H,2-3,6-9H2,1H3,(H,27,29). The molecule has 3 aliphatic carbocycles. The Bertz CT molecular complexity index is 927. The summed E-state index contributed by atoms with van der Waals surface area (Å²) in [4.78, 5) is 17.6. The van der Waals surface area contributed by atoms with E-state index >= 15 is 0 Å². The zero-order valence-corrected chi connectivity index (χ0v) is 17.3. The number of aromatic nitrogens is 2. The van der Waals surface area contributed by atoms with Gasteiger partial charge in [0.2, 0.25) is 0 Å². The first-order valence-electron chi connectivity index (χ1n) is 10.5. The van der Waals surface area contributed by atoms with E-state index < -0.39 is 5.82 Å². The molecular weight excluding hydrogens is 391 g/mol. The third-order valence-electron chi connectivity index (χ3n) is 6.81. The predicted octanol–water partition coefficient (Wildman–Crippen LogP) is 4.49. The van der Waals surface area contributed by atoms with Crippen molar-refractivity contribution in [2.75, 3.05) is 5.32 Å². The highest BCUT2D eigenvalue weighted by Crippen LogP contribution is 2.51. The second-order valence-corrected chi connectivity index (χ2v) is 9.38. The summed E-state index contributed by atoms with van der Waals surface area (Å²) in [7, 11) is 1.84. The Balaban J connectivity index is 1.29. The predicted molar refractivity (Wildman–Crippen MR) is 111 cm³/mol. The molecule has 0 radical (unpaired) electrons. The van der Waals surface area contributed by atoms with Gasteiger partial charge in [0.1, 0.15) is 11.5 Å². The molecule has 2 unspecified atom stereocenters. The molecule has 1 amide bonds. The Morgan fingerprint density at radius 1 is 1.17 bits per heavy atom. The van der Waals surface area contributed by atoms with Crippen LogP contribution in [0.25, 0.3) is 0 Å². The van der Waals surface area contributed by atoms with Crippen molar-refractivity contribution in [3.63, 3.8) is 0 Å². The van der Waals surface area contributed by atoms with Crippen LogP contribution in [0.3, 0.4) is 0 Å². The molecule has 7 heteroatoms. The number of hydrogen-bond donors (Lipinski definition) is 2. The quantitative estimate of drug-likeness (QED) is 0.755. The molecular formula is C22H26ClFN4O. The van der Waals surface area contributed by atoms with Gasteiger partial charge in [0, 0.05) is 30.7 Å². The van der Waals surface area contributed by atoms with Crippen LogP contribution in [-0.4, -0.2) is 27.5 Å². The fourth-order valence-corrected chi connectivity index (χ4v) is 5.53. The molecule has 3 saturated carbocycles. The van der Waals surface area contributed by atoms with E-state index in [1.54, 1.807) is 10.9 Å². The minimum Gasteiger partial charge on any atom is -0.329 e. The zero-order chi connectivity index (χ0) is 20.1. The van der Waals surface area contributed by atoms with Crippen LogP contribution in [0.2, 0.25) is 5.02 Å². The van der Waals surface area contributed by atoms with E-state index in [1.165, 1.54) is 43.9 Å². The molecule has 1 heterocycles. The van der Waals surface area contributed by atoms with E-state index in [4.69, 9.17) is 11.6 Å². The number of fused-ring (bicyclic) bond motifs is 1. The van der Waals surface area contributed by atoms with Gasteiger partial charge < -0.3 is 15.2 Å². The summed E-state index contributed by atoms with van der Waals surface area (Å²) in [5.74, 6) is 1.05. The topological polar surface area (TPSA) is 59.0 Å². The molecule has 2 aromatic rings. The Labute approximate surface area is 175 Å². The Kier molecular flexibility index (Phi) is 4.87. The van der Waals surface area contributed by atoms with Crippen LogP contribution >= 0.6 is 11.6 Å². The number of carbonyl (C=O) groups excluding carboxylic acids is 1. The maximum Gasteiger partial charge on any atom is 0.274 e. The van der Waals surface area contributed by atoms with Crippen molar-refractivity contribution in [3.05, 3.63) is 46.8 Å². The molecule has 2 N–H and O–H groups in total. The summed E-state index contributed by atoms with van der Waals surface area (Å²) in [6.07, 6.45) is 9.09. The molecule has 2 atom stereocenters. The van der Waals surface area contributed by atoms with E-state index in [0.29, 0.717) is 23.3 Å². The van der Waals surface area contributed by atoms with E-state index in [2.05, 4.69) is 15.6 Å². The number of halogens is 2. The molecule has 1 aromatic heterocycles. The molecule has 29 heavy (non-hydrogen) atoms. The van der Waals surface area contributed by atoms with Gasteiger partial charge in [-0.05, 0) is 68.6 Å². The molecule has 0 spiro atoms. The van der Waals surface area contributed by atoms with Crippen LogP contribution in [0.5, 0.6) is 0 Å². The number of imidazole rings is 1. The number of rotatable bonds is 5. The van der Waals surface area contributed by atoms with Crippen molar-refractivity contribution < 1.29 is 9.18 Å². The van der Waals surface area contributed by atoms with E-state index in [9.17, 15) is 9.18 Å². The van der Waals surface area contributed by atoms with Crippen molar-refractivity contribution in [1.82, 2.24) is 14.9 Å². The average Bonchev–Trinajstić information content (AvgIpc) is 3.08. The van der Waals surface area contributed by atoms with E-state index in [-0.39, 0.29) is 10.9 Å². The molecule has 5 nitrogen and oxygen atoms in total. The Morgan fingerprint density at radius 2 is 1.90 bits per heavy atom. The molecule has 154 valence electrons. The largest absolute Gasteiger partial charge is 0.329 e. The van der Waals surface area contributed by atoms with Crippen molar-refractivity contribution in [3.8, 4) is 0 Å². The number of aryl methyl sites for hydroxylation is 1. The minimum atomic E-state index is -0.502. The summed E-state index contributed by atoms with van der Waals surface area (Å²) in [6.45, 7) is 0. The van der Waals surface area contributed by atoms with Crippen molar-refractivity contribution in [1.29, 1.82) is 0 Å². The number of hydrogen-bond acceptors (Lipinski definition) is 3. The summed E-state index contributed by atoms with van der Waals surface area (Å²) < 4.78 is 15.2. The number of amides is 1. The number of benzene rings is 1. The maximum absolute atomic E-state index is 13.4. The van der Waals surface area contributed by atoms with Crippen LogP contribution in [0, 0.1) is 17.7 Å². The lowest BCUT2D eigenvalue weighted by Crippen LogP contribution is -2.29. The van der Waals surface area contributed by atoms with Gasteiger partial charge >= 0.3 is 0 Å². The Morgan fingerprint density at radius 3 is 2.55 bits per heavy atom. The molecule has 5 rings (SSSR count). The number of nitrogens with zero attached hydrogens (tertiary/aromatic N) is 2. The normalized spacial score (nSPS) is 28.5. The monoisotopic (exact) mass is 416 g/mol. The lowest BCUT2D eigenvalue weighted by Gasteiger charge is -2.16. The number of anilines is 1. The van der Waals surface area contributed by atoms with Crippen LogP contribution in [0.15, 0.2) is 24.5 Å². The zero-order valence-electron chi connectivity index (χ0n) is 16.5. The lowest BCUT2D eigenvalue weighted by molar-refractivity contribution is 0.101. The van der Waals surface area contributed by atoms with E-state index in [1.807, 2.05) is 7.05 Å². The third-order valence-corrected chi connectivity index (χ3v) is 7.10. The van der Waals surface area contributed by atoms with Crippen LogP contribution in [-0.2, 0) is 7.05 Å². The fourth-order valence-electron chi connectivity index (χ4n) is 5.35. The molecule has 0 aliphatic heterocycles. The lowest BCUT2D eigenvalue weighted by atomic mass is 9.97. The molecule has 3 aliphatic rings. The first-order chi connectivity index (χ1) is 14.0. The van der Waals surface area contributed by atoms with Crippen molar-refractivity contribution in [2.45, 2.75) is 56.5 Å². The SMILES string of the molecule is Cn1cnc(C2CC3CC(NC4CC4)CC3C2)c1C(=O)Nc1ccc(F)c(Cl)c1. The summed E-state index contributed by atoms with van der Waals surface area (Å²) in [6, 6.07) is 5.64. The second kappa shape index (κ2) is 7.40. The van der Waals surface area contributed by atoms with Gasteiger partial charge in [0.15, 0.2) is 0 Å². The summed E-state index contributed by atoms with van der Waals surface area (Å²) >= 11 is 5.84. The summed E-state index contributed by atoms with van der Waals surface area (Å²) in [5.41, 5.74) is 1.95. The molecule has 0 bridgehead atoms. The highest BCUT2D eigenvalue weighted by atomic mass is 35.5. The highest BCUT2D eigenvalue weighted by Gasteiger charge is 2.44. The molecule has 1 aromatic carbocycles. The average molecular weight is 417 g/mol. The van der Waals surface area contributed by atoms with Gasteiger partial charge in [-0.3, -0.25) is 4.79 Å². The fraction of sp³-hybridized carbons (Fsp3) is 0.545. The highest BCUT2D eigenvalue weighted by molar-refractivity contribution is 6.31. The smallest absolute Gasteiger partial charge is 0.274 e. The van der Waals surface area contributed by atoms with Gasteiger partial charge in [-0.15, -0.1) is 0 Å². The van der Waals surface area contributed by atoms with E-state index in [0.717, 1.165) is 36.4 Å². The van der Waals surface area contributed by atoms with Gasteiger partial charge in [0.25, 0.3) is 5.91 Å². The molecule has 0 saturated heterocycles. The third kappa shape index (κ3) is 3.80.